The number of rotatable bonds is 3. The second kappa shape index (κ2) is 4.51. The number of hydrogen-bond acceptors (Lipinski definition) is 4. The van der Waals surface area contributed by atoms with Gasteiger partial charge in [-0.05, 0) is 19.5 Å². The molecule has 0 aliphatic carbocycles. The Hall–Kier alpha value is -1.26. The van der Waals surface area contributed by atoms with E-state index in [1.54, 1.807) is 11.3 Å². The Morgan fingerprint density at radius 3 is 2.80 bits per heavy atom. The Kier molecular flexibility index (Phi) is 3.08. The van der Waals surface area contributed by atoms with E-state index < -0.39 is 0 Å². The summed E-state index contributed by atoms with van der Waals surface area (Å²) < 4.78 is 0. The molecule has 15 heavy (non-hydrogen) atoms. The van der Waals surface area contributed by atoms with Crippen molar-refractivity contribution in [2.75, 3.05) is 7.05 Å². The van der Waals surface area contributed by atoms with Gasteiger partial charge in [-0.2, -0.15) is 0 Å². The number of nitrogens with one attached hydrogen (secondary N) is 1. The first-order valence-corrected chi connectivity index (χ1v) is 5.66. The molecule has 0 bridgehead atoms. The van der Waals surface area contributed by atoms with Crippen LogP contribution in [0.15, 0.2) is 24.3 Å². The molecule has 0 saturated carbocycles. The topological polar surface area (TPSA) is 37.8 Å². The van der Waals surface area contributed by atoms with Gasteiger partial charge in [0.2, 0.25) is 0 Å². The van der Waals surface area contributed by atoms with E-state index in [4.69, 9.17) is 0 Å². The Morgan fingerprint density at radius 2 is 2.07 bits per heavy atom. The molecule has 1 aromatic carbocycles. The van der Waals surface area contributed by atoms with Gasteiger partial charge < -0.3 is 5.32 Å². The van der Waals surface area contributed by atoms with E-state index >= 15 is 0 Å². The van der Waals surface area contributed by atoms with Crippen molar-refractivity contribution < 1.29 is 0 Å². The van der Waals surface area contributed by atoms with E-state index in [1.165, 1.54) is 11.1 Å². The summed E-state index contributed by atoms with van der Waals surface area (Å²) in [6.07, 6.45) is 0. The van der Waals surface area contributed by atoms with Crippen LogP contribution in [0.5, 0.6) is 0 Å². The normalized spacial score (nSPS) is 10.5. The second-order valence-corrected chi connectivity index (χ2v) is 4.41. The molecule has 4 heteroatoms. The molecule has 0 radical (unpaired) electrons. The number of aryl methyl sites for hydroxylation is 1. The third-order valence-corrected chi connectivity index (χ3v) is 3.13. The van der Waals surface area contributed by atoms with Gasteiger partial charge in [0.05, 0.1) is 0 Å². The van der Waals surface area contributed by atoms with Gasteiger partial charge in [-0.25, -0.2) is 0 Å². The molecule has 2 aromatic rings. The van der Waals surface area contributed by atoms with E-state index in [1.807, 2.05) is 19.2 Å². The highest BCUT2D eigenvalue weighted by Crippen LogP contribution is 2.25. The summed E-state index contributed by atoms with van der Waals surface area (Å²) in [5.41, 5.74) is 2.42. The SMILES string of the molecule is CNCc1nnc(-c2ccccc2C)s1. The summed E-state index contributed by atoms with van der Waals surface area (Å²) in [4.78, 5) is 0. The fraction of sp³-hybridized carbons (Fsp3) is 0.273. The highest BCUT2D eigenvalue weighted by Gasteiger charge is 2.07. The highest BCUT2D eigenvalue weighted by atomic mass is 32.1. The average Bonchev–Trinajstić information content (AvgIpc) is 2.68. The van der Waals surface area contributed by atoms with Crippen molar-refractivity contribution in [1.82, 2.24) is 15.5 Å². The van der Waals surface area contributed by atoms with Crippen LogP contribution in [0.4, 0.5) is 0 Å². The molecule has 1 N–H and O–H groups in total. The van der Waals surface area contributed by atoms with Gasteiger partial charge in [0, 0.05) is 12.1 Å². The Morgan fingerprint density at radius 1 is 1.27 bits per heavy atom. The molecule has 0 amide bonds. The monoisotopic (exact) mass is 219 g/mol. The summed E-state index contributed by atoms with van der Waals surface area (Å²) in [5, 5.41) is 13.4. The van der Waals surface area contributed by atoms with Crippen LogP contribution in [0.2, 0.25) is 0 Å². The molecule has 0 aliphatic heterocycles. The van der Waals surface area contributed by atoms with Crippen LogP contribution in [-0.4, -0.2) is 17.2 Å². The van der Waals surface area contributed by atoms with Gasteiger partial charge in [-0.1, -0.05) is 35.6 Å². The summed E-state index contributed by atoms with van der Waals surface area (Å²) in [7, 11) is 1.91. The van der Waals surface area contributed by atoms with E-state index in [0.717, 1.165) is 16.6 Å². The minimum atomic E-state index is 0.781. The summed E-state index contributed by atoms with van der Waals surface area (Å²) in [6.45, 7) is 2.87. The van der Waals surface area contributed by atoms with Crippen LogP contribution in [-0.2, 0) is 6.54 Å². The van der Waals surface area contributed by atoms with Crippen molar-refractivity contribution in [2.24, 2.45) is 0 Å². The average molecular weight is 219 g/mol. The van der Waals surface area contributed by atoms with Crippen molar-refractivity contribution in [2.45, 2.75) is 13.5 Å². The number of hydrogen-bond donors (Lipinski definition) is 1. The lowest BCUT2D eigenvalue weighted by atomic mass is 10.1. The highest BCUT2D eigenvalue weighted by molar-refractivity contribution is 7.14. The van der Waals surface area contributed by atoms with Crippen LogP contribution >= 0.6 is 11.3 Å². The second-order valence-electron chi connectivity index (χ2n) is 3.35. The van der Waals surface area contributed by atoms with Gasteiger partial charge in [-0.3, -0.25) is 0 Å². The van der Waals surface area contributed by atoms with Crippen molar-refractivity contribution in [3.05, 3.63) is 34.8 Å². The molecular formula is C11H13N3S. The summed E-state index contributed by atoms with van der Waals surface area (Å²) in [5.74, 6) is 0. The predicted octanol–water partition coefficient (Wildman–Crippen LogP) is 2.23. The molecule has 0 spiro atoms. The first kappa shape index (κ1) is 10.3. The molecule has 1 heterocycles. The number of nitrogens with zero attached hydrogens (tertiary/aromatic N) is 2. The Labute approximate surface area is 93.2 Å². The fourth-order valence-electron chi connectivity index (χ4n) is 1.40. The number of aromatic nitrogens is 2. The molecule has 0 fully saturated rings. The van der Waals surface area contributed by atoms with Crippen molar-refractivity contribution in [3.63, 3.8) is 0 Å². The zero-order valence-electron chi connectivity index (χ0n) is 8.82. The first-order chi connectivity index (χ1) is 7.31. The Bertz CT molecular complexity index is 451. The molecular weight excluding hydrogens is 206 g/mol. The van der Waals surface area contributed by atoms with E-state index in [-0.39, 0.29) is 0 Å². The zero-order valence-corrected chi connectivity index (χ0v) is 9.64. The molecule has 2 rings (SSSR count). The lowest BCUT2D eigenvalue weighted by Gasteiger charge is -1.98. The summed E-state index contributed by atoms with van der Waals surface area (Å²) >= 11 is 1.64. The minimum Gasteiger partial charge on any atom is -0.313 e. The lowest BCUT2D eigenvalue weighted by Crippen LogP contribution is -2.04. The van der Waals surface area contributed by atoms with Crippen molar-refractivity contribution >= 4 is 11.3 Å². The van der Waals surface area contributed by atoms with Gasteiger partial charge in [0.25, 0.3) is 0 Å². The van der Waals surface area contributed by atoms with Gasteiger partial charge in [0.15, 0.2) is 0 Å². The molecule has 0 unspecified atom stereocenters. The van der Waals surface area contributed by atoms with Gasteiger partial charge in [0.1, 0.15) is 10.0 Å². The summed E-state index contributed by atoms with van der Waals surface area (Å²) in [6, 6.07) is 8.24. The lowest BCUT2D eigenvalue weighted by molar-refractivity contribution is 0.795. The maximum Gasteiger partial charge on any atom is 0.148 e. The van der Waals surface area contributed by atoms with E-state index in [9.17, 15) is 0 Å². The molecule has 0 aliphatic rings. The van der Waals surface area contributed by atoms with Crippen LogP contribution in [0, 0.1) is 6.92 Å². The molecule has 3 nitrogen and oxygen atoms in total. The maximum atomic E-state index is 4.19. The number of benzene rings is 1. The predicted molar refractivity (Wildman–Crippen MR) is 62.8 cm³/mol. The van der Waals surface area contributed by atoms with E-state index in [0.29, 0.717) is 0 Å². The van der Waals surface area contributed by atoms with Crippen LogP contribution in [0.25, 0.3) is 10.6 Å². The third kappa shape index (κ3) is 2.22. The first-order valence-electron chi connectivity index (χ1n) is 4.84. The standard InChI is InChI=1S/C11H13N3S/c1-8-5-3-4-6-9(8)11-14-13-10(15-11)7-12-2/h3-6,12H,7H2,1-2H3. The molecule has 1 aromatic heterocycles. The minimum absolute atomic E-state index is 0.781. The smallest absolute Gasteiger partial charge is 0.148 e. The van der Waals surface area contributed by atoms with Crippen LogP contribution in [0.3, 0.4) is 0 Å². The molecule has 0 atom stereocenters. The van der Waals surface area contributed by atoms with Crippen molar-refractivity contribution in [1.29, 1.82) is 0 Å². The zero-order chi connectivity index (χ0) is 10.7. The fourth-order valence-corrected chi connectivity index (χ4v) is 2.34. The Balaban J connectivity index is 2.33. The maximum absolute atomic E-state index is 4.19. The van der Waals surface area contributed by atoms with Gasteiger partial charge in [-0.15, -0.1) is 10.2 Å². The van der Waals surface area contributed by atoms with Gasteiger partial charge >= 0.3 is 0 Å². The quantitative estimate of drug-likeness (QED) is 0.860. The van der Waals surface area contributed by atoms with Crippen LogP contribution < -0.4 is 5.32 Å². The van der Waals surface area contributed by atoms with E-state index in [2.05, 4.69) is 34.6 Å². The van der Waals surface area contributed by atoms with Crippen molar-refractivity contribution in [3.8, 4) is 10.6 Å². The largest absolute Gasteiger partial charge is 0.313 e. The molecule has 78 valence electrons. The third-order valence-electron chi connectivity index (χ3n) is 2.17. The van der Waals surface area contributed by atoms with Crippen LogP contribution in [0.1, 0.15) is 10.6 Å². The molecule has 0 saturated heterocycles.